The number of aryl methyl sites for hydroxylation is 2. The lowest BCUT2D eigenvalue weighted by molar-refractivity contribution is 1.24. The molecule has 0 amide bonds. The van der Waals surface area contributed by atoms with Crippen LogP contribution in [0.3, 0.4) is 0 Å². The van der Waals surface area contributed by atoms with Gasteiger partial charge in [0.1, 0.15) is 0 Å². The maximum Gasteiger partial charge on any atom is 0.0708 e. The first-order valence-electron chi connectivity index (χ1n) is 7.80. The van der Waals surface area contributed by atoms with Crippen molar-refractivity contribution in [1.82, 2.24) is 0 Å². The van der Waals surface area contributed by atoms with Crippen LogP contribution in [-0.4, -0.2) is 0 Å². The molecule has 3 aromatic rings. The zero-order chi connectivity index (χ0) is 16.1. The number of benzene rings is 3. The van der Waals surface area contributed by atoms with Crippen LogP contribution in [-0.2, 0) is 0 Å². The summed E-state index contributed by atoms with van der Waals surface area (Å²) in [7, 11) is 0. The van der Waals surface area contributed by atoms with Gasteiger partial charge in [-0.2, -0.15) is 0 Å². The maximum absolute atomic E-state index is 3.42. The Labute approximate surface area is 138 Å². The van der Waals surface area contributed by atoms with E-state index in [1.165, 1.54) is 11.1 Å². The molecule has 3 aromatic carbocycles. The van der Waals surface area contributed by atoms with E-state index >= 15 is 0 Å². The fourth-order valence-corrected chi connectivity index (χ4v) is 2.37. The Bertz CT molecular complexity index is 723. The van der Waals surface area contributed by atoms with Crippen molar-refractivity contribution in [3.63, 3.8) is 0 Å². The molecule has 0 unspecified atom stereocenters. The van der Waals surface area contributed by atoms with E-state index in [4.69, 9.17) is 0 Å². The Morgan fingerprint density at radius 2 is 1.13 bits per heavy atom. The molecule has 0 aliphatic rings. The highest BCUT2D eigenvalue weighted by Crippen LogP contribution is 2.26. The second-order valence-corrected chi connectivity index (χ2v) is 5.69. The predicted molar refractivity (Wildman–Crippen MR) is 98.6 cm³/mol. The van der Waals surface area contributed by atoms with E-state index in [1.54, 1.807) is 0 Å². The summed E-state index contributed by atoms with van der Waals surface area (Å²) in [5.74, 6) is 0. The molecule has 0 saturated carbocycles. The molecular formula is C22H20N. The lowest BCUT2D eigenvalue weighted by Gasteiger charge is -2.20. The monoisotopic (exact) mass is 298 g/mol. The molecule has 0 N–H and O–H groups in total. The first-order chi connectivity index (χ1) is 11.2. The first kappa shape index (κ1) is 15.1. The van der Waals surface area contributed by atoms with Crippen molar-refractivity contribution in [3.8, 4) is 0 Å². The topological polar surface area (TPSA) is 3.24 Å². The van der Waals surface area contributed by atoms with E-state index in [1.807, 2.05) is 24.3 Å². The van der Waals surface area contributed by atoms with Crippen molar-refractivity contribution in [2.75, 3.05) is 4.90 Å². The smallest absolute Gasteiger partial charge is 0.0708 e. The molecule has 0 aliphatic heterocycles. The van der Waals surface area contributed by atoms with E-state index in [0.29, 0.717) is 0 Å². The molecule has 0 heterocycles. The van der Waals surface area contributed by atoms with Crippen LogP contribution in [0.4, 0.5) is 11.4 Å². The number of anilines is 2. The van der Waals surface area contributed by atoms with Gasteiger partial charge in [0, 0.05) is 11.4 Å². The molecule has 23 heavy (non-hydrogen) atoms. The molecule has 1 radical (unpaired) electrons. The van der Waals surface area contributed by atoms with Gasteiger partial charge in [-0.1, -0.05) is 65.7 Å². The third kappa shape index (κ3) is 3.89. The second-order valence-electron chi connectivity index (χ2n) is 5.69. The van der Waals surface area contributed by atoms with E-state index in [2.05, 4.69) is 85.6 Å². The standard InChI is InChI=1S/C22H20N/c1-18-8-12-21(13-9-18)23(22-14-10-19(2)11-15-22)17-16-20-6-4-3-5-7-20/h3-16H,1-2H3. The van der Waals surface area contributed by atoms with Crippen LogP contribution >= 0.6 is 0 Å². The first-order valence-corrected chi connectivity index (χ1v) is 7.80. The van der Waals surface area contributed by atoms with Gasteiger partial charge < -0.3 is 4.90 Å². The molecule has 0 fully saturated rings. The van der Waals surface area contributed by atoms with Gasteiger partial charge in [-0.25, -0.2) is 0 Å². The van der Waals surface area contributed by atoms with Gasteiger partial charge in [-0.3, -0.25) is 0 Å². The Kier molecular flexibility index (Phi) is 4.58. The van der Waals surface area contributed by atoms with Gasteiger partial charge >= 0.3 is 0 Å². The van der Waals surface area contributed by atoms with Crippen molar-refractivity contribution in [1.29, 1.82) is 0 Å². The molecule has 113 valence electrons. The quantitative estimate of drug-likeness (QED) is 0.541. The Morgan fingerprint density at radius 1 is 0.652 bits per heavy atom. The molecule has 0 aliphatic carbocycles. The van der Waals surface area contributed by atoms with Crippen LogP contribution in [0.2, 0.25) is 0 Å². The summed E-state index contributed by atoms with van der Waals surface area (Å²) in [6, 6.07) is 27.3. The fraction of sp³-hybridized carbons (Fsp3) is 0.0909. The summed E-state index contributed by atoms with van der Waals surface area (Å²) in [5.41, 5.74) is 5.85. The Hall–Kier alpha value is -2.80. The van der Waals surface area contributed by atoms with Crippen molar-refractivity contribution in [3.05, 3.63) is 102 Å². The van der Waals surface area contributed by atoms with Crippen LogP contribution in [0.15, 0.2) is 78.9 Å². The van der Waals surface area contributed by atoms with Gasteiger partial charge in [0.05, 0.1) is 6.20 Å². The van der Waals surface area contributed by atoms with Gasteiger partial charge in [0.25, 0.3) is 0 Å². The molecule has 3 rings (SSSR count). The molecule has 1 nitrogen and oxygen atoms in total. The summed E-state index contributed by atoms with van der Waals surface area (Å²) in [6.45, 7) is 4.20. The van der Waals surface area contributed by atoms with Crippen LogP contribution in [0, 0.1) is 20.0 Å². The third-order valence-corrected chi connectivity index (χ3v) is 3.74. The van der Waals surface area contributed by atoms with Crippen LogP contribution in [0.5, 0.6) is 0 Å². The molecule has 0 saturated heterocycles. The van der Waals surface area contributed by atoms with E-state index in [9.17, 15) is 0 Å². The highest BCUT2D eigenvalue weighted by Gasteiger charge is 2.06. The molecule has 0 aromatic heterocycles. The van der Waals surface area contributed by atoms with Crippen LogP contribution < -0.4 is 4.90 Å². The Morgan fingerprint density at radius 3 is 1.61 bits per heavy atom. The fourth-order valence-electron chi connectivity index (χ4n) is 2.37. The largest absolute Gasteiger partial charge is 0.308 e. The van der Waals surface area contributed by atoms with Crippen molar-refractivity contribution < 1.29 is 0 Å². The van der Waals surface area contributed by atoms with Gasteiger partial charge in [-0.15, -0.1) is 0 Å². The van der Waals surface area contributed by atoms with Gasteiger partial charge in [0.15, 0.2) is 0 Å². The number of rotatable bonds is 4. The van der Waals surface area contributed by atoms with E-state index in [-0.39, 0.29) is 0 Å². The lowest BCUT2D eigenvalue weighted by Crippen LogP contribution is -2.09. The maximum atomic E-state index is 3.42. The van der Waals surface area contributed by atoms with Crippen LogP contribution in [0.1, 0.15) is 16.7 Å². The van der Waals surface area contributed by atoms with Gasteiger partial charge in [-0.05, 0) is 49.8 Å². The Balaban J connectivity index is 1.97. The molecule has 0 spiro atoms. The molecule has 1 heteroatoms. The third-order valence-electron chi connectivity index (χ3n) is 3.74. The normalized spacial score (nSPS) is 10.9. The van der Waals surface area contributed by atoms with Gasteiger partial charge in [0.2, 0.25) is 0 Å². The summed E-state index contributed by atoms with van der Waals surface area (Å²) in [4.78, 5) is 2.09. The minimum atomic E-state index is 1.10. The summed E-state index contributed by atoms with van der Waals surface area (Å²) in [5, 5.41) is 0. The highest BCUT2D eigenvalue weighted by atomic mass is 15.1. The summed E-state index contributed by atoms with van der Waals surface area (Å²) < 4.78 is 0. The number of nitrogens with zero attached hydrogens (tertiary/aromatic N) is 1. The minimum Gasteiger partial charge on any atom is -0.308 e. The van der Waals surface area contributed by atoms with E-state index in [0.717, 1.165) is 16.9 Å². The van der Waals surface area contributed by atoms with E-state index < -0.39 is 0 Å². The molecular weight excluding hydrogens is 278 g/mol. The second kappa shape index (κ2) is 6.97. The highest BCUT2D eigenvalue weighted by molar-refractivity contribution is 5.67. The zero-order valence-corrected chi connectivity index (χ0v) is 13.5. The number of hydrogen-bond donors (Lipinski definition) is 0. The SMILES string of the molecule is Cc1ccc(N([C]=Cc2ccccc2)c2ccc(C)cc2)cc1. The summed E-state index contributed by atoms with van der Waals surface area (Å²) in [6.07, 6.45) is 5.43. The average Bonchev–Trinajstić information content (AvgIpc) is 2.59. The predicted octanol–water partition coefficient (Wildman–Crippen LogP) is 5.92. The summed E-state index contributed by atoms with van der Waals surface area (Å²) >= 11 is 0. The minimum absolute atomic E-state index is 1.10. The van der Waals surface area contributed by atoms with Crippen molar-refractivity contribution in [2.24, 2.45) is 0 Å². The molecule has 0 atom stereocenters. The number of hydrogen-bond acceptors (Lipinski definition) is 1. The van der Waals surface area contributed by atoms with Crippen molar-refractivity contribution >= 4 is 17.5 Å². The molecule has 0 bridgehead atoms. The average molecular weight is 298 g/mol. The van der Waals surface area contributed by atoms with Crippen molar-refractivity contribution in [2.45, 2.75) is 13.8 Å². The van der Waals surface area contributed by atoms with Crippen LogP contribution in [0.25, 0.3) is 6.08 Å². The zero-order valence-electron chi connectivity index (χ0n) is 13.5. The lowest BCUT2D eigenvalue weighted by atomic mass is 10.1.